The van der Waals surface area contributed by atoms with Crippen LogP contribution in [0.1, 0.15) is 37.7 Å². The fourth-order valence-electron chi connectivity index (χ4n) is 3.07. The molecule has 6 heteroatoms. The second kappa shape index (κ2) is 6.80. The molecule has 0 aliphatic heterocycles. The smallest absolute Gasteiger partial charge is 0.263 e. The zero-order chi connectivity index (χ0) is 18.1. The fraction of sp³-hybridized carbons (Fsp3) is 0.316. The Kier molecular flexibility index (Phi) is 4.72. The SMILES string of the molecule is CCc1nc2scc(-c3ccc(C)cc3)c2c(=O)n1C(CC)C(N)=O. The lowest BCUT2D eigenvalue weighted by Crippen LogP contribution is -2.36. The maximum Gasteiger partial charge on any atom is 0.263 e. The van der Waals surface area contributed by atoms with Gasteiger partial charge in [0.1, 0.15) is 16.7 Å². The number of aryl methyl sites for hydroxylation is 2. The maximum atomic E-state index is 13.3. The van der Waals surface area contributed by atoms with Crippen LogP contribution in [0.3, 0.4) is 0 Å². The third-order valence-corrected chi connectivity index (χ3v) is 5.29. The van der Waals surface area contributed by atoms with E-state index in [0.29, 0.717) is 28.9 Å². The molecule has 25 heavy (non-hydrogen) atoms. The van der Waals surface area contributed by atoms with E-state index in [1.165, 1.54) is 15.9 Å². The van der Waals surface area contributed by atoms with E-state index in [4.69, 9.17) is 5.73 Å². The maximum absolute atomic E-state index is 13.3. The molecule has 1 aromatic carbocycles. The van der Waals surface area contributed by atoms with Crippen molar-refractivity contribution >= 4 is 27.5 Å². The summed E-state index contributed by atoms with van der Waals surface area (Å²) >= 11 is 1.45. The van der Waals surface area contributed by atoms with E-state index >= 15 is 0 Å². The van der Waals surface area contributed by atoms with Gasteiger partial charge in [-0.1, -0.05) is 43.7 Å². The van der Waals surface area contributed by atoms with Crippen LogP contribution in [0.25, 0.3) is 21.3 Å². The number of nitrogens with two attached hydrogens (primary N) is 1. The van der Waals surface area contributed by atoms with Gasteiger partial charge in [-0.05, 0) is 18.9 Å². The summed E-state index contributed by atoms with van der Waals surface area (Å²) in [6.45, 7) is 5.79. The van der Waals surface area contributed by atoms with Crippen molar-refractivity contribution in [2.45, 2.75) is 39.7 Å². The van der Waals surface area contributed by atoms with E-state index in [0.717, 1.165) is 16.7 Å². The molecule has 2 heterocycles. The van der Waals surface area contributed by atoms with Crippen LogP contribution in [0.2, 0.25) is 0 Å². The minimum absolute atomic E-state index is 0.190. The van der Waals surface area contributed by atoms with E-state index in [1.54, 1.807) is 0 Å². The summed E-state index contributed by atoms with van der Waals surface area (Å²) in [6.07, 6.45) is 1.02. The molecular formula is C19H21N3O2S. The summed E-state index contributed by atoms with van der Waals surface area (Å²) < 4.78 is 1.48. The largest absolute Gasteiger partial charge is 0.368 e. The Hall–Kier alpha value is -2.47. The van der Waals surface area contributed by atoms with Crippen LogP contribution in [0.15, 0.2) is 34.4 Å². The van der Waals surface area contributed by atoms with Crippen molar-refractivity contribution in [3.8, 4) is 11.1 Å². The monoisotopic (exact) mass is 355 g/mol. The number of hydrogen-bond donors (Lipinski definition) is 1. The second-order valence-electron chi connectivity index (χ2n) is 6.08. The first-order chi connectivity index (χ1) is 12.0. The van der Waals surface area contributed by atoms with Crippen LogP contribution < -0.4 is 11.3 Å². The van der Waals surface area contributed by atoms with Crippen molar-refractivity contribution in [1.82, 2.24) is 9.55 Å². The van der Waals surface area contributed by atoms with Gasteiger partial charge in [0.15, 0.2) is 0 Å². The number of carbonyl (C=O) groups is 1. The summed E-state index contributed by atoms with van der Waals surface area (Å²) in [5.74, 6) is 0.0908. The predicted octanol–water partition coefficient (Wildman–Crippen LogP) is 3.43. The second-order valence-corrected chi connectivity index (χ2v) is 6.94. The Balaban J connectivity index is 2.32. The highest BCUT2D eigenvalue weighted by Gasteiger charge is 2.23. The van der Waals surface area contributed by atoms with Crippen LogP contribution in [0.5, 0.6) is 0 Å². The molecule has 1 amide bonds. The molecular weight excluding hydrogens is 334 g/mol. The van der Waals surface area contributed by atoms with Gasteiger partial charge in [-0.15, -0.1) is 11.3 Å². The van der Waals surface area contributed by atoms with Crippen LogP contribution in [-0.4, -0.2) is 15.5 Å². The molecule has 0 radical (unpaired) electrons. The normalized spacial score (nSPS) is 12.4. The number of fused-ring (bicyclic) bond motifs is 1. The lowest BCUT2D eigenvalue weighted by atomic mass is 10.0. The molecule has 2 aromatic heterocycles. The Labute approximate surface area is 150 Å². The molecule has 0 aliphatic rings. The summed E-state index contributed by atoms with van der Waals surface area (Å²) in [4.78, 5) is 30.5. The molecule has 3 rings (SSSR count). The molecule has 0 spiro atoms. The number of amides is 1. The highest BCUT2D eigenvalue weighted by molar-refractivity contribution is 7.17. The number of hydrogen-bond acceptors (Lipinski definition) is 4. The van der Waals surface area contributed by atoms with Gasteiger partial charge >= 0.3 is 0 Å². The molecule has 1 unspecified atom stereocenters. The molecule has 0 saturated carbocycles. The zero-order valence-electron chi connectivity index (χ0n) is 14.6. The van der Waals surface area contributed by atoms with Crippen molar-refractivity contribution in [2.24, 2.45) is 5.73 Å². The summed E-state index contributed by atoms with van der Waals surface area (Å²) in [7, 11) is 0. The summed E-state index contributed by atoms with van der Waals surface area (Å²) in [5, 5.41) is 2.52. The summed E-state index contributed by atoms with van der Waals surface area (Å²) in [5.41, 5.74) is 8.33. The molecule has 0 aliphatic carbocycles. The molecule has 0 bridgehead atoms. The van der Waals surface area contributed by atoms with E-state index in [1.807, 2.05) is 50.4 Å². The molecule has 2 N–H and O–H groups in total. The highest BCUT2D eigenvalue weighted by atomic mass is 32.1. The standard InChI is InChI=1S/C19H21N3O2S/c1-4-14(17(20)23)22-15(5-2)21-18-16(19(22)24)13(10-25-18)12-8-6-11(3)7-9-12/h6-10,14H,4-5H2,1-3H3,(H2,20,23). The van der Waals surface area contributed by atoms with Gasteiger partial charge in [-0.3, -0.25) is 14.2 Å². The average Bonchev–Trinajstić information content (AvgIpc) is 3.01. The summed E-state index contributed by atoms with van der Waals surface area (Å²) in [6, 6.07) is 7.36. The van der Waals surface area contributed by atoms with E-state index in [2.05, 4.69) is 4.98 Å². The number of nitrogens with zero attached hydrogens (tertiary/aromatic N) is 2. The molecule has 0 saturated heterocycles. The lowest BCUT2D eigenvalue weighted by Gasteiger charge is -2.18. The topological polar surface area (TPSA) is 78.0 Å². The van der Waals surface area contributed by atoms with Gasteiger partial charge in [-0.2, -0.15) is 0 Å². The molecule has 5 nitrogen and oxygen atoms in total. The van der Waals surface area contributed by atoms with Crippen LogP contribution in [0, 0.1) is 6.92 Å². The Bertz CT molecular complexity index is 986. The van der Waals surface area contributed by atoms with Crippen LogP contribution >= 0.6 is 11.3 Å². The van der Waals surface area contributed by atoms with Gasteiger partial charge in [-0.25, -0.2) is 4.98 Å². The third kappa shape index (κ3) is 2.98. The third-order valence-electron chi connectivity index (χ3n) is 4.42. The van der Waals surface area contributed by atoms with Crippen molar-refractivity contribution in [1.29, 1.82) is 0 Å². The average molecular weight is 355 g/mol. The first kappa shape index (κ1) is 17.4. The van der Waals surface area contributed by atoms with E-state index < -0.39 is 11.9 Å². The first-order valence-electron chi connectivity index (χ1n) is 8.36. The quantitative estimate of drug-likeness (QED) is 0.761. The molecule has 1 atom stereocenters. The van der Waals surface area contributed by atoms with Gasteiger partial charge in [0.2, 0.25) is 5.91 Å². The number of rotatable bonds is 5. The Morgan fingerprint density at radius 1 is 1.28 bits per heavy atom. The fourth-order valence-corrected chi connectivity index (χ4v) is 4.03. The number of primary amides is 1. The van der Waals surface area contributed by atoms with Gasteiger partial charge < -0.3 is 5.73 Å². The number of thiophene rings is 1. The highest BCUT2D eigenvalue weighted by Crippen LogP contribution is 2.31. The van der Waals surface area contributed by atoms with Crippen molar-refractivity contribution in [3.05, 3.63) is 51.4 Å². The Morgan fingerprint density at radius 3 is 2.52 bits per heavy atom. The van der Waals surface area contributed by atoms with Crippen molar-refractivity contribution < 1.29 is 4.79 Å². The minimum atomic E-state index is -0.676. The van der Waals surface area contributed by atoms with Crippen LogP contribution in [0.4, 0.5) is 0 Å². The Morgan fingerprint density at radius 2 is 1.96 bits per heavy atom. The number of carbonyl (C=O) groups excluding carboxylic acids is 1. The predicted molar refractivity (Wildman–Crippen MR) is 102 cm³/mol. The molecule has 0 fully saturated rings. The minimum Gasteiger partial charge on any atom is -0.368 e. The van der Waals surface area contributed by atoms with E-state index in [9.17, 15) is 9.59 Å². The van der Waals surface area contributed by atoms with Gasteiger partial charge in [0, 0.05) is 17.4 Å². The molecule has 130 valence electrons. The zero-order valence-corrected chi connectivity index (χ0v) is 15.4. The van der Waals surface area contributed by atoms with E-state index in [-0.39, 0.29) is 5.56 Å². The van der Waals surface area contributed by atoms with Crippen LogP contribution in [-0.2, 0) is 11.2 Å². The number of benzene rings is 1. The van der Waals surface area contributed by atoms with Crippen molar-refractivity contribution in [3.63, 3.8) is 0 Å². The number of aromatic nitrogens is 2. The van der Waals surface area contributed by atoms with Crippen molar-refractivity contribution in [2.75, 3.05) is 0 Å². The molecule has 3 aromatic rings. The first-order valence-corrected chi connectivity index (χ1v) is 9.24. The van der Waals surface area contributed by atoms with Gasteiger partial charge in [0.05, 0.1) is 5.39 Å². The lowest BCUT2D eigenvalue weighted by molar-refractivity contribution is -0.121. The van der Waals surface area contributed by atoms with Gasteiger partial charge in [0.25, 0.3) is 5.56 Å².